The molecule has 2 rings (SSSR count). The van der Waals surface area contributed by atoms with Crippen LogP contribution in [0.15, 0.2) is 42.5 Å². The molecule has 0 aliphatic rings. The highest BCUT2D eigenvalue weighted by Crippen LogP contribution is 2.29. The van der Waals surface area contributed by atoms with Crippen LogP contribution in [0.1, 0.15) is 61.7 Å². The molecule has 0 N–H and O–H groups in total. The maximum absolute atomic E-state index is 12.6. The van der Waals surface area contributed by atoms with Crippen molar-refractivity contribution in [3.05, 3.63) is 69.7 Å². The molecule has 0 aliphatic carbocycles. The zero-order valence-electron chi connectivity index (χ0n) is 15.2. The molecule has 0 aromatic heterocycles. The molecular weight excluding hydrogens is 320 g/mol. The van der Waals surface area contributed by atoms with Gasteiger partial charge < -0.3 is 4.74 Å². The van der Waals surface area contributed by atoms with Crippen molar-refractivity contribution in [2.75, 3.05) is 0 Å². The Bertz CT molecular complexity index is 737. The average molecular weight is 345 g/mol. The topological polar surface area (TPSA) is 26.3 Å². The van der Waals surface area contributed by atoms with Crippen molar-refractivity contribution in [1.82, 2.24) is 0 Å². The normalized spacial score (nSPS) is 12.1. The third-order valence-corrected chi connectivity index (χ3v) is 4.41. The summed E-state index contributed by atoms with van der Waals surface area (Å²) in [5, 5.41) is 0.661. The van der Waals surface area contributed by atoms with Crippen molar-refractivity contribution >= 4 is 17.6 Å². The Morgan fingerprint density at radius 1 is 0.958 bits per heavy atom. The highest BCUT2D eigenvalue weighted by Gasteiger charge is 2.26. The van der Waals surface area contributed by atoms with E-state index < -0.39 is 5.60 Å². The number of esters is 1. The van der Waals surface area contributed by atoms with Gasteiger partial charge in [-0.1, -0.05) is 50.6 Å². The van der Waals surface area contributed by atoms with Crippen molar-refractivity contribution in [2.45, 2.75) is 52.6 Å². The summed E-state index contributed by atoms with van der Waals surface area (Å²) < 4.78 is 5.75. The minimum atomic E-state index is -0.724. The largest absolute Gasteiger partial charge is 0.451 e. The zero-order valence-corrected chi connectivity index (χ0v) is 16.0. The van der Waals surface area contributed by atoms with E-state index in [2.05, 4.69) is 20.8 Å². The fraction of sp³-hybridized carbons (Fsp3) is 0.381. The van der Waals surface area contributed by atoms with Crippen molar-refractivity contribution in [3.63, 3.8) is 0 Å². The number of rotatable bonds is 3. The third kappa shape index (κ3) is 4.18. The second kappa shape index (κ2) is 6.60. The molecule has 0 aliphatic heterocycles. The third-order valence-electron chi connectivity index (χ3n) is 4.16. The van der Waals surface area contributed by atoms with E-state index in [4.69, 9.17) is 16.3 Å². The van der Waals surface area contributed by atoms with Gasteiger partial charge in [-0.2, -0.15) is 0 Å². The molecule has 0 heterocycles. The van der Waals surface area contributed by atoms with Crippen molar-refractivity contribution in [3.8, 4) is 0 Å². The first kappa shape index (κ1) is 18.5. The minimum Gasteiger partial charge on any atom is -0.451 e. The number of hydrogen-bond donors (Lipinski definition) is 0. The second-order valence-corrected chi connectivity index (χ2v) is 8.12. The molecule has 0 atom stereocenters. The lowest BCUT2D eigenvalue weighted by Gasteiger charge is -2.26. The van der Waals surface area contributed by atoms with Gasteiger partial charge in [0.05, 0.1) is 5.56 Å². The summed E-state index contributed by atoms with van der Waals surface area (Å²) in [5.74, 6) is -0.321. The van der Waals surface area contributed by atoms with E-state index in [1.165, 1.54) is 5.56 Å². The van der Waals surface area contributed by atoms with Crippen LogP contribution in [0.25, 0.3) is 0 Å². The SMILES string of the molecule is Cc1cc(C(=O)OC(C)(C)c2ccc(Cl)cc2)ccc1C(C)(C)C. The molecule has 0 radical (unpaired) electrons. The lowest BCUT2D eigenvalue weighted by atomic mass is 9.83. The quantitative estimate of drug-likeness (QED) is 0.634. The van der Waals surface area contributed by atoms with Gasteiger partial charge in [0.1, 0.15) is 5.60 Å². The fourth-order valence-corrected chi connectivity index (χ4v) is 2.96. The zero-order chi connectivity index (χ0) is 18.1. The number of hydrogen-bond acceptors (Lipinski definition) is 2. The van der Waals surface area contributed by atoms with E-state index in [0.29, 0.717) is 10.6 Å². The molecule has 0 saturated carbocycles. The predicted octanol–water partition coefficient (Wildman–Crippen LogP) is 6.04. The van der Waals surface area contributed by atoms with Crippen LogP contribution in [0.2, 0.25) is 5.02 Å². The summed E-state index contributed by atoms with van der Waals surface area (Å²) in [5.41, 5.74) is 3.14. The van der Waals surface area contributed by atoms with Crippen LogP contribution in [-0.4, -0.2) is 5.97 Å². The van der Waals surface area contributed by atoms with Crippen molar-refractivity contribution in [1.29, 1.82) is 0 Å². The van der Waals surface area contributed by atoms with E-state index in [1.54, 1.807) is 12.1 Å². The summed E-state index contributed by atoms with van der Waals surface area (Å²) >= 11 is 5.92. The van der Waals surface area contributed by atoms with Gasteiger partial charge in [0.2, 0.25) is 0 Å². The monoisotopic (exact) mass is 344 g/mol. The van der Waals surface area contributed by atoms with Crippen LogP contribution < -0.4 is 0 Å². The first-order chi connectivity index (χ1) is 11.0. The number of carbonyl (C=O) groups excluding carboxylic acids is 1. The van der Waals surface area contributed by atoms with Gasteiger partial charge in [0.25, 0.3) is 0 Å². The van der Waals surface area contributed by atoms with Crippen LogP contribution in [-0.2, 0) is 15.8 Å². The molecule has 0 fully saturated rings. The number of carbonyl (C=O) groups is 1. The Labute approximate surface area is 149 Å². The first-order valence-corrected chi connectivity index (χ1v) is 8.49. The smallest absolute Gasteiger partial charge is 0.339 e. The summed E-state index contributed by atoms with van der Waals surface area (Å²) in [6.07, 6.45) is 0. The molecule has 2 aromatic carbocycles. The maximum Gasteiger partial charge on any atom is 0.339 e. The second-order valence-electron chi connectivity index (χ2n) is 7.69. The molecule has 0 bridgehead atoms. The van der Waals surface area contributed by atoms with E-state index in [1.807, 2.05) is 51.1 Å². The number of halogens is 1. The molecule has 0 saturated heterocycles. The molecule has 2 aromatic rings. The van der Waals surface area contributed by atoms with E-state index in [9.17, 15) is 4.79 Å². The van der Waals surface area contributed by atoms with Gasteiger partial charge in [-0.25, -0.2) is 4.79 Å². The molecule has 2 nitrogen and oxygen atoms in total. The summed E-state index contributed by atoms with van der Waals surface area (Å²) in [4.78, 5) is 12.6. The standard InChI is InChI=1S/C21H25ClO2/c1-14-13-15(7-12-18(14)20(2,3)4)19(23)24-21(5,6)16-8-10-17(22)11-9-16/h7-13H,1-6H3. The number of ether oxygens (including phenoxy) is 1. The molecule has 128 valence electrons. The van der Waals surface area contributed by atoms with E-state index in [-0.39, 0.29) is 11.4 Å². The van der Waals surface area contributed by atoms with Gasteiger partial charge in [-0.15, -0.1) is 0 Å². The molecule has 3 heteroatoms. The summed E-state index contributed by atoms with van der Waals surface area (Å²) in [6, 6.07) is 13.1. The molecule has 0 spiro atoms. The fourth-order valence-electron chi connectivity index (χ4n) is 2.83. The van der Waals surface area contributed by atoms with Crippen LogP contribution in [0.3, 0.4) is 0 Å². The van der Waals surface area contributed by atoms with Gasteiger partial charge in [-0.05, 0) is 67.1 Å². The Hall–Kier alpha value is -1.80. The van der Waals surface area contributed by atoms with Gasteiger partial charge in [0, 0.05) is 5.02 Å². The summed E-state index contributed by atoms with van der Waals surface area (Å²) in [7, 11) is 0. The Morgan fingerprint density at radius 2 is 1.54 bits per heavy atom. The molecule has 0 amide bonds. The lowest BCUT2D eigenvalue weighted by Crippen LogP contribution is -2.26. The van der Waals surface area contributed by atoms with Crippen LogP contribution in [0.5, 0.6) is 0 Å². The number of benzene rings is 2. The van der Waals surface area contributed by atoms with Crippen molar-refractivity contribution in [2.24, 2.45) is 0 Å². The highest BCUT2D eigenvalue weighted by molar-refractivity contribution is 6.30. The maximum atomic E-state index is 12.6. The van der Waals surface area contributed by atoms with Crippen LogP contribution >= 0.6 is 11.6 Å². The molecular formula is C21H25ClO2. The van der Waals surface area contributed by atoms with Crippen molar-refractivity contribution < 1.29 is 9.53 Å². The van der Waals surface area contributed by atoms with Gasteiger partial charge >= 0.3 is 5.97 Å². The first-order valence-electron chi connectivity index (χ1n) is 8.11. The Kier molecular flexibility index (Phi) is 5.10. The van der Waals surface area contributed by atoms with Crippen LogP contribution in [0.4, 0.5) is 0 Å². The van der Waals surface area contributed by atoms with Gasteiger partial charge in [-0.3, -0.25) is 0 Å². The highest BCUT2D eigenvalue weighted by atomic mass is 35.5. The Balaban J connectivity index is 2.23. The summed E-state index contributed by atoms with van der Waals surface area (Å²) in [6.45, 7) is 12.3. The lowest BCUT2D eigenvalue weighted by molar-refractivity contribution is -0.00314. The van der Waals surface area contributed by atoms with E-state index >= 15 is 0 Å². The molecule has 0 unspecified atom stereocenters. The Morgan fingerprint density at radius 3 is 2.04 bits per heavy atom. The van der Waals surface area contributed by atoms with Crippen LogP contribution in [0, 0.1) is 6.92 Å². The van der Waals surface area contributed by atoms with E-state index in [0.717, 1.165) is 11.1 Å². The molecule has 24 heavy (non-hydrogen) atoms. The average Bonchev–Trinajstić information content (AvgIpc) is 2.45. The number of aryl methyl sites for hydroxylation is 1. The predicted molar refractivity (Wildman–Crippen MR) is 99.8 cm³/mol. The van der Waals surface area contributed by atoms with Gasteiger partial charge in [0.15, 0.2) is 0 Å². The minimum absolute atomic E-state index is 0.0507.